The molecule has 0 aliphatic heterocycles. The fraction of sp³-hybridized carbons (Fsp3) is 0.167. The predicted octanol–water partition coefficient (Wildman–Crippen LogP) is 5.02. The minimum atomic E-state index is -4.07. The number of hydrogen-bond donors (Lipinski definition) is 2. The SMILES string of the molecule is COc1ccc(N(CC(O)Cn2c3ccccc3c3ccccc32)S(=O)(=O)c2ccc(NC(C)=O)cc2)cc1. The summed E-state index contributed by atoms with van der Waals surface area (Å²) in [5.41, 5.74) is 2.81. The van der Waals surface area contributed by atoms with E-state index in [9.17, 15) is 18.3 Å². The zero-order valence-electron chi connectivity index (χ0n) is 21.6. The molecule has 0 aliphatic rings. The standard InChI is InChI=1S/C30H29N3O5S/c1-21(34)31-22-11-17-26(18-12-22)39(36,37)33(23-13-15-25(38-2)16-14-23)20-24(35)19-32-29-9-5-3-7-27(29)28-8-4-6-10-30(28)32/h3-18,24,35H,19-20H2,1-2H3,(H,31,34). The van der Waals surface area contributed by atoms with Crippen molar-refractivity contribution in [3.63, 3.8) is 0 Å². The van der Waals surface area contributed by atoms with Crippen molar-refractivity contribution in [2.75, 3.05) is 23.3 Å². The molecule has 4 aromatic carbocycles. The number of aliphatic hydroxyl groups excluding tert-OH is 1. The molecule has 9 heteroatoms. The topological polar surface area (TPSA) is 101 Å². The molecule has 5 aromatic rings. The molecule has 0 fully saturated rings. The maximum Gasteiger partial charge on any atom is 0.264 e. The van der Waals surface area contributed by atoms with E-state index in [4.69, 9.17) is 4.74 Å². The summed E-state index contributed by atoms with van der Waals surface area (Å²) in [6, 6.07) is 28.5. The number of ether oxygens (including phenoxy) is 1. The number of sulfonamides is 1. The molecule has 1 heterocycles. The Morgan fingerprint density at radius 2 is 1.46 bits per heavy atom. The molecule has 5 rings (SSSR count). The molecule has 1 aromatic heterocycles. The molecule has 1 atom stereocenters. The van der Waals surface area contributed by atoms with Crippen molar-refractivity contribution >= 4 is 49.1 Å². The van der Waals surface area contributed by atoms with E-state index >= 15 is 0 Å². The van der Waals surface area contributed by atoms with E-state index < -0.39 is 16.1 Å². The molecule has 1 amide bonds. The van der Waals surface area contributed by atoms with Gasteiger partial charge in [-0.25, -0.2) is 8.42 Å². The van der Waals surface area contributed by atoms with Crippen LogP contribution in [-0.2, 0) is 21.4 Å². The fourth-order valence-corrected chi connectivity index (χ4v) is 6.29. The second-order valence-electron chi connectivity index (χ2n) is 9.24. The average molecular weight is 544 g/mol. The van der Waals surface area contributed by atoms with Crippen LogP contribution in [0.15, 0.2) is 102 Å². The number of fused-ring (bicyclic) bond motifs is 3. The Morgan fingerprint density at radius 3 is 2.00 bits per heavy atom. The monoisotopic (exact) mass is 543 g/mol. The highest BCUT2D eigenvalue weighted by atomic mass is 32.2. The number of methoxy groups -OCH3 is 1. The lowest BCUT2D eigenvalue weighted by Gasteiger charge is -2.27. The van der Waals surface area contributed by atoms with Gasteiger partial charge in [0.15, 0.2) is 0 Å². The van der Waals surface area contributed by atoms with Gasteiger partial charge < -0.3 is 19.7 Å². The summed E-state index contributed by atoms with van der Waals surface area (Å²) in [5, 5.41) is 16.1. The number of carbonyl (C=O) groups is 1. The van der Waals surface area contributed by atoms with Crippen LogP contribution in [0.4, 0.5) is 11.4 Å². The molecule has 0 radical (unpaired) electrons. The number of nitrogens with one attached hydrogen (secondary N) is 1. The Labute approximate surface area is 227 Å². The highest BCUT2D eigenvalue weighted by Crippen LogP contribution is 2.30. The van der Waals surface area contributed by atoms with Gasteiger partial charge in [-0.1, -0.05) is 36.4 Å². The number of rotatable bonds is 9. The van der Waals surface area contributed by atoms with Crippen LogP contribution in [-0.4, -0.2) is 43.8 Å². The van der Waals surface area contributed by atoms with Gasteiger partial charge in [-0.2, -0.15) is 0 Å². The van der Waals surface area contributed by atoms with Gasteiger partial charge in [0.25, 0.3) is 10.0 Å². The summed E-state index contributed by atoms with van der Waals surface area (Å²) in [7, 11) is -2.53. The van der Waals surface area contributed by atoms with Crippen molar-refractivity contribution in [3.8, 4) is 5.75 Å². The van der Waals surface area contributed by atoms with E-state index in [0.717, 1.165) is 21.8 Å². The highest BCUT2D eigenvalue weighted by Gasteiger charge is 2.28. The predicted molar refractivity (Wildman–Crippen MR) is 154 cm³/mol. The van der Waals surface area contributed by atoms with E-state index in [1.165, 1.54) is 42.6 Å². The summed E-state index contributed by atoms with van der Waals surface area (Å²) < 4.78 is 36.2. The van der Waals surface area contributed by atoms with Gasteiger partial charge in [0.2, 0.25) is 5.91 Å². The molecule has 2 N–H and O–H groups in total. The zero-order chi connectivity index (χ0) is 27.6. The Morgan fingerprint density at radius 1 is 0.897 bits per heavy atom. The van der Waals surface area contributed by atoms with Crippen LogP contribution in [0.25, 0.3) is 21.8 Å². The van der Waals surface area contributed by atoms with Gasteiger partial charge in [0, 0.05) is 34.4 Å². The summed E-state index contributed by atoms with van der Waals surface area (Å²) in [6.45, 7) is 1.40. The second-order valence-corrected chi connectivity index (χ2v) is 11.1. The van der Waals surface area contributed by atoms with Crippen molar-refractivity contribution in [1.29, 1.82) is 0 Å². The summed E-state index contributed by atoms with van der Waals surface area (Å²) in [4.78, 5) is 11.4. The molecule has 0 aliphatic carbocycles. The summed E-state index contributed by atoms with van der Waals surface area (Å²) in [6.07, 6.45) is -1.03. The van der Waals surface area contributed by atoms with Crippen LogP contribution in [0.2, 0.25) is 0 Å². The Bertz CT molecular complexity index is 1680. The minimum absolute atomic E-state index is 0.0384. The molecule has 200 valence electrons. The first-order chi connectivity index (χ1) is 18.8. The largest absolute Gasteiger partial charge is 0.497 e. The number of hydrogen-bond acceptors (Lipinski definition) is 5. The van der Waals surface area contributed by atoms with Crippen molar-refractivity contribution in [1.82, 2.24) is 4.57 Å². The number of para-hydroxylation sites is 2. The third-order valence-corrected chi connectivity index (χ3v) is 8.38. The molecule has 8 nitrogen and oxygen atoms in total. The van der Waals surface area contributed by atoms with Crippen molar-refractivity contribution < 1.29 is 23.1 Å². The van der Waals surface area contributed by atoms with Crippen LogP contribution in [0.1, 0.15) is 6.92 Å². The first kappa shape index (κ1) is 26.3. The van der Waals surface area contributed by atoms with Gasteiger partial charge in [0.1, 0.15) is 5.75 Å². The lowest BCUT2D eigenvalue weighted by atomic mass is 10.2. The lowest BCUT2D eigenvalue weighted by molar-refractivity contribution is -0.114. The van der Waals surface area contributed by atoms with Crippen LogP contribution in [0, 0.1) is 0 Å². The minimum Gasteiger partial charge on any atom is -0.497 e. The molecule has 0 saturated carbocycles. The number of aliphatic hydroxyl groups is 1. The number of aromatic nitrogens is 1. The number of carbonyl (C=O) groups excluding carboxylic acids is 1. The Kier molecular flexibility index (Phi) is 7.28. The Hall–Kier alpha value is -4.34. The Balaban J connectivity index is 1.50. The third kappa shape index (κ3) is 5.32. The second kappa shape index (κ2) is 10.8. The third-order valence-electron chi connectivity index (χ3n) is 6.57. The van der Waals surface area contributed by atoms with E-state index in [1.807, 2.05) is 53.1 Å². The van der Waals surface area contributed by atoms with Crippen LogP contribution < -0.4 is 14.4 Å². The molecule has 0 saturated heterocycles. The molecular formula is C30H29N3O5S. The maximum absolute atomic E-state index is 13.9. The van der Waals surface area contributed by atoms with Crippen molar-refractivity contribution in [3.05, 3.63) is 97.1 Å². The first-order valence-electron chi connectivity index (χ1n) is 12.5. The number of benzene rings is 4. The molecule has 0 spiro atoms. The van der Waals surface area contributed by atoms with Crippen molar-refractivity contribution in [2.24, 2.45) is 0 Å². The summed E-state index contributed by atoms with van der Waals surface area (Å²) >= 11 is 0. The van der Waals surface area contributed by atoms with E-state index in [-0.39, 0.29) is 23.9 Å². The summed E-state index contributed by atoms with van der Waals surface area (Å²) in [5.74, 6) is 0.334. The first-order valence-corrected chi connectivity index (χ1v) is 13.9. The number of anilines is 2. The quantitative estimate of drug-likeness (QED) is 0.272. The molecule has 0 bridgehead atoms. The highest BCUT2D eigenvalue weighted by molar-refractivity contribution is 7.92. The number of amides is 1. The normalized spacial score (nSPS) is 12.4. The fourth-order valence-electron chi connectivity index (χ4n) is 4.79. The van der Waals surface area contributed by atoms with Gasteiger partial charge in [-0.15, -0.1) is 0 Å². The van der Waals surface area contributed by atoms with Gasteiger partial charge in [-0.3, -0.25) is 9.10 Å². The van der Waals surface area contributed by atoms with Crippen LogP contribution in [0.5, 0.6) is 5.75 Å². The van der Waals surface area contributed by atoms with Crippen LogP contribution in [0.3, 0.4) is 0 Å². The van der Waals surface area contributed by atoms with Gasteiger partial charge in [0.05, 0.1) is 36.9 Å². The van der Waals surface area contributed by atoms with E-state index in [0.29, 0.717) is 17.1 Å². The van der Waals surface area contributed by atoms with E-state index in [2.05, 4.69) is 5.32 Å². The van der Waals surface area contributed by atoms with Gasteiger partial charge in [-0.05, 0) is 60.7 Å². The zero-order valence-corrected chi connectivity index (χ0v) is 22.4. The van der Waals surface area contributed by atoms with Crippen LogP contribution >= 0.6 is 0 Å². The lowest BCUT2D eigenvalue weighted by Crippen LogP contribution is -2.39. The van der Waals surface area contributed by atoms with Gasteiger partial charge >= 0.3 is 0 Å². The maximum atomic E-state index is 13.9. The van der Waals surface area contributed by atoms with Crippen molar-refractivity contribution in [2.45, 2.75) is 24.5 Å². The smallest absolute Gasteiger partial charge is 0.264 e. The molecule has 1 unspecified atom stereocenters. The van der Waals surface area contributed by atoms with E-state index in [1.54, 1.807) is 24.3 Å². The molecular weight excluding hydrogens is 514 g/mol. The number of nitrogens with zero attached hydrogens (tertiary/aromatic N) is 2. The average Bonchev–Trinajstić information content (AvgIpc) is 3.25. The molecule has 39 heavy (non-hydrogen) atoms.